The Balaban J connectivity index is 1.72. The SMILES string of the molecule is CC1=CC2=C(CCCC2)[C@H]1CCc1cc(OCC(=O)O)c(Cl)cc1Cl. The van der Waals surface area contributed by atoms with Crippen molar-refractivity contribution in [3.8, 4) is 5.75 Å². The molecule has 0 amide bonds. The topological polar surface area (TPSA) is 46.5 Å². The second-order valence-corrected chi connectivity index (χ2v) is 7.61. The molecule has 1 N–H and O–H groups in total. The summed E-state index contributed by atoms with van der Waals surface area (Å²) >= 11 is 12.4. The number of benzene rings is 1. The zero-order valence-electron chi connectivity index (χ0n) is 14.3. The smallest absolute Gasteiger partial charge is 0.341 e. The van der Waals surface area contributed by atoms with E-state index >= 15 is 0 Å². The fraction of sp³-hybridized carbons (Fsp3) is 0.450. The van der Waals surface area contributed by atoms with E-state index in [2.05, 4.69) is 13.0 Å². The minimum atomic E-state index is -1.03. The third-order valence-corrected chi connectivity index (χ3v) is 5.73. The molecule has 3 nitrogen and oxygen atoms in total. The first kappa shape index (κ1) is 18.3. The lowest BCUT2D eigenvalue weighted by atomic mass is 9.84. The van der Waals surface area contributed by atoms with E-state index in [1.165, 1.54) is 31.3 Å². The van der Waals surface area contributed by atoms with Crippen LogP contribution in [0.4, 0.5) is 0 Å². The summed E-state index contributed by atoms with van der Waals surface area (Å²) in [5, 5.41) is 9.71. The van der Waals surface area contributed by atoms with Crippen LogP contribution >= 0.6 is 23.2 Å². The predicted octanol–water partition coefficient (Wildman–Crippen LogP) is 5.84. The van der Waals surface area contributed by atoms with Crippen molar-refractivity contribution >= 4 is 29.2 Å². The van der Waals surface area contributed by atoms with Gasteiger partial charge in [-0.1, -0.05) is 40.4 Å². The molecule has 3 rings (SSSR count). The highest BCUT2D eigenvalue weighted by molar-refractivity contribution is 6.36. The van der Waals surface area contributed by atoms with Gasteiger partial charge in [0.1, 0.15) is 5.75 Å². The normalized spacial score (nSPS) is 19.6. The molecule has 2 aliphatic carbocycles. The molecule has 0 bridgehead atoms. The largest absolute Gasteiger partial charge is 0.480 e. The molecule has 2 aliphatic rings. The number of rotatable bonds is 6. The van der Waals surface area contributed by atoms with Gasteiger partial charge in [0, 0.05) is 10.9 Å². The predicted molar refractivity (Wildman–Crippen MR) is 101 cm³/mol. The highest BCUT2D eigenvalue weighted by Crippen LogP contribution is 2.43. The first-order chi connectivity index (χ1) is 12.0. The molecule has 25 heavy (non-hydrogen) atoms. The Labute approximate surface area is 158 Å². The highest BCUT2D eigenvalue weighted by atomic mass is 35.5. The molecule has 0 fully saturated rings. The number of hydrogen-bond donors (Lipinski definition) is 1. The summed E-state index contributed by atoms with van der Waals surface area (Å²) < 4.78 is 5.26. The standard InChI is InChI=1S/C20H22Cl2O3/c1-12-8-13-4-2-3-5-16(13)15(12)7-6-14-9-19(25-11-20(23)24)18(22)10-17(14)21/h8-10,15H,2-7,11H2,1H3,(H,23,24)/t15-/m0/s1. The summed E-state index contributed by atoms with van der Waals surface area (Å²) in [5.41, 5.74) is 5.54. The molecule has 0 spiro atoms. The molecule has 1 aromatic carbocycles. The van der Waals surface area contributed by atoms with Gasteiger partial charge >= 0.3 is 5.97 Å². The Morgan fingerprint density at radius 3 is 2.76 bits per heavy atom. The van der Waals surface area contributed by atoms with Gasteiger partial charge in [-0.15, -0.1) is 0 Å². The van der Waals surface area contributed by atoms with Gasteiger partial charge in [-0.2, -0.15) is 0 Å². The summed E-state index contributed by atoms with van der Waals surface area (Å²) in [4.78, 5) is 10.7. The highest BCUT2D eigenvalue weighted by Gasteiger charge is 2.26. The summed E-state index contributed by atoms with van der Waals surface area (Å²) in [6.45, 7) is 1.80. The summed E-state index contributed by atoms with van der Waals surface area (Å²) in [7, 11) is 0. The molecular weight excluding hydrogens is 359 g/mol. The summed E-state index contributed by atoms with van der Waals surface area (Å²) in [5.74, 6) is -0.152. The number of halogens is 2. The number of carboxylic acid groups (broad SMARTS) is 1. The maximum absolute atomic E-state index is 10.7. The third kappa shape index (κ3) is 4.21. The number of ether oxygens (including phenoxy) is 1. The number of carboxylic acids is 1. The number of aliphatic carboxylic acids is 1. The maximum atomic E-state index is 10.7. The lowest BCUT2D eigenvalue weighted by molar-refractivity contribution is -0.139. The van der Waals surface area contributed by atoms with Crippen LogP contribution in [0.15, 0.2) is 34.9 Å². The number of allylic oxidation sites excluding steroid dienone is 4. The van der Waals surface area contributed by atoms with Crippen LogP contribution in [-0.4, -0.2) is 17.7 Å². The quantitative estimate of drug-likeness (QED) is 0.674. The van der Waals surface area contributed by atoms with Crippen LogP contribution < -0.4 is 4.74 Å². The van der Waals surface area contributed by atoms with Crippen molar-refractivity contribution in [1.29, 1.82) is 0 Å². The van der Waals surface area contributed by atoms with Gasteiger partial charge in [-0.3, -0.25) is 0 Å². The van der Waals surface area contributed by atoms with E-state index in [1.54, 1.807) is 23.3 Å². The van der Waals surface area contributed by atoms with Gasteiger partial charge in [0.15, 0.2) is 6.61 Å². The molecule has 0 saturated heterocycles. The van der Waals surface area contributed by atoms with E-state index < -0.39 is 12.6 Å². The lowest BCUT2D eigenvalue weighted by Crippen LogP contribution is -2.10. The fourth-order valence-corrected chi connectivity index (χ4v) is 4.41. The lowest BCUT2D eigenvalue weighted by Gasteiger charge is -2.22. The average Bonchev–Trinajstić information content (AvgIpc) is 2.88. The van der Waals surface area contributed by atoms with Crippen molar-refractivity contribution < 1.29 is 14.6 Å². The van der Waals surface area contributed by atoms with Crippen molar-refractivity contribution in [3.63, 3.8) is 0 Å². The minimum absolute atomic E-state index is 0.337. The van der Waals surface area contributed by atoms with Crippen LogP contribution in [-0.2, 0) is 11.2 Å². The van der Waals surface area contributed by atoms with Gasteiger partial charge in [0.05, 0.1) is 5.02 Å². The first-order valence-electron chi connectivity index (χ1n) is 8.68. The second kappa shape index (κ2) is 7.84. The number of hydrogen-bond acceptors (Lipinski definition) is 2. The first-order valence-corrected chi connectivity index (χ1v) is 9.44. The molecule has 0 unspecified atom stereocenters. The Kier molecular flexibility index (Phi) is 5.75. The Bertz CT molecular complexity index is 750. The molecule has 0 saturated carbocycles. The minimum Gasteiger partial charge on any atom is -0.480 e. The van der Waals surface area contributed by atoms with E-state index in [1.807, 2.05) is 0 Å². The third-order valence-electron chi connectivity index (χ3n) is 5.08. The maximum Gasteiger partial charge on any atom is 0.341 e. The van der Waals surface area contributed by atoms with E-state index in [9.17, 15) is 4.79 Å². The number of aryl methyl sites for hydroxylation is 1. The van der Waals surface area contributed by atoms with E-state index in [4.69, 9.17) is 33.0 Å². The molecule has 0 aliphatic heterocycles. The summed E-state index contributed by atoms with van der Waals surface area (Å²) in [6.07, 6.45) is 9.16. The molecule has 1 aromatic rings. The average molecular weight is 381 g/mol. The Morgan fingerprint density at radius 2 is 2.00 bits per heavy atom. The van der Waals surface area contributed by atoms with Crippen molar-refractivity contribution in [2.75, 3.05) is 6.61 Å². The molecule has 5 heteroatoms. The van der Waals surface area contributed by atoms with Crippen molar-refractivity contribution in [2.24, 2.45) is 5.92 Å². The number of carbonyl (C=O) groups is 1. The van der Waals surface area contributed by atoms with E-state index in [-0.39, 0.29) is 0 Å². The second-order valence-electron chi connectivity index (χ2n) is 6.79. The fourth-order valence-electron chi connectivity index (χ4n) is 3.88. The zero-order valence-corrected chi connectivity index (χ0v) is 15.8. The molecule has 0 heterocycles. The Morgan fingerprint density at radius 1 is 1.24 bits per heavy atom. The van der Waals surface area contributed by atoms with Crippen LogP contribution in [0.5, 0.6) is 5.75 Å². The molecule has 0 radical (unpaired) electrons. The van der Waals surface area contributed by atoms with Crippen molar-refractivity contribution in [3.05, 3.63) is 50.5 Å². The van der Waals surface area contributed by atoms with Crippen LogP contribution in [0.25, 0.3) is 0 Å². The molecule has 0 aromatic heterocycles. The van der Waals surface area contributed by atoms with Gasteiger partial charge in [0.25, 0.3) is 0 Å². The van der Waals surface area contributed by atoms with Gasteiger partial charge in [-0.25, -0.2) is 4.79 Å². The zero-order chi connectivity index (χ0) is 18.0. The molecule has 1 atom stereocenters. The van der Waals surface area contributed by atoms with Crippen molar-refractivity contribution in [1.82, 2.24) is 0 Å². The monoisotopic (exact) mass is 380 g/mol. The van der Waals surface area contributed by atoms with Crippen LogP contribution in [0.1, 0.15) is 44.6 Å². The van der Waals surface area contributed by atoms with Crippen LogP contribution in [0, 0.1) is 5.92 Å². The Hall–Kier alpha value is -1.45. The van der Waals surface area contributed by atoms with Gasteiger partial charge in [0.2, 0.25) is 0 Å². The summed E-state index contributed by atoms with van der Waals surface area (Å²) in [6, 6.07) is 3.41. The van der Waals surface area contributed by atoms with Gasteiger partial charge < -0.3 is 9.84 Å². The molecular formula is C20H22Cl2O3. The van der Waals surface area contributed by atoms with Gasteiger partial charge in [-0.05, 0) is 68.7 Å². The van der Waals surface area contributed by atoms with Crippen molar-refractivity contribution in [2.45, 2.75) is 45.4 Å². The van der Waals surface area contributed by atoms with Crippen LogP contribution in [0.2, 0.25) is 10.0 Å². The van der Waals surface area contributed by atoms with E-state index in [0.717, 1.165) is 18.4 Å². The van der Waals surface area contributed by atoms with Crippen LogP contribution in [0.3, 0.4) is 0 Å². The van der Waals surface area contributed by atoms with E-state index in [0.29, 0.717) is 21.7 Å². The molecule has 134 valence electrons.